The molecule has 1 aromatic heterocycles. The number of likely N-dealkylation sites (N-methyl/N-ethyl adjacent to an activating group) is 1. The van der Waals surface area contributed by atoms with E-state index in [-0.39, 0.29) is 17.5 Å². The number of hydrogen-bond donors (Lipinski definition) is 1. The Bertz CT molecular complexity index is 472. The van der Waals surface area contributed by atoms with Crippen LogP contribution in [0.2, 0.25) is 0 Å². The van der Waals surface area contributed by atoms with Gasteiger partial charge in [0, 0.05) is 27.7 Å². The van der Waals surface area contributed by atoms with E-state index in [1.807, 2.05) is 6.92 Å². The van der Waals surface area contributed by atoms with Crippen molar-refractivity contribution < 1.29 is 9.59 Å². The summed E-state index contributed by atoms with van der Waals surface area (Å²) in [6, 6.07) is 2.82. The Morgan fingerprint density at radius 2 is 1.90 bits per heavy atom. The lowest BCUT2D eigenvalue weighted by atomic mass is 10.3. The van der Waals surface area contributed by atoms with Gasteiger partial charge in [0.15, 0.2) is 5.69 Å². The summed E-state index contributed by atoms with van der Waals surface area (Å²) in [5, 5.41) is 10.7. The van der Waals surface area contributed by atoms with Crippen LogP contribution < -0.4 is 5.32 Å². The number of nitrogens with zero attached hydrogens (tertiary/aromatic N) is 4. The van der Waals surface area contributed by atoms with Crippen molar-refractivity contribution >= 4 is 17.6 Å². The molecule has 0 saturated carbocycles. The summed E-state index contributed by atoms with van der Waals surface area (Å²) < 4.78 is 0. The summed E-state index contributed by atoms with van der Waals surface area (Å²) in [5.41, 5.74) is 0.269. The van der Waals surface area contributed by atoms with Crippen LogP contribution in [0.3, 0.4) is 0 Å². The molecular formula is C13H21N5O2. The fraction of sp³-hybridized carbons (Fsp3) is 0.538. The van der Waals surface area contributed by atoms with Crippen LogP contribution in [0.15, 0.2) is 12.1 Å². The van der Waals surface area contributed by atoms with Crippen LogP contribution >= 0.6 is 0 Å². The molecule has 1 atom stereocenters. The maximum absolute atomic E-state index is 11.9. The van der Waals surface area contributed by atoms with Gasteiger partial charge in [-0.2, -0.15) is 0 Å². The molecule has 1 rings (SSSR count). The van der Waals surface area contributed by atoms with Gasteiger partial charge in [-0.25, -0.2) is 0 Å². The molecule has 7 heteroatoms. The smallest absolute Gasteiger partial charge is 0.273 e. The van der Waals surface area contributed by atoms with Crippen molar-refractivity contribution in [3.05, 3.63) is 17.8 Å². The Kier molecular flexibility index (Phi) is 5.42. The number of carbonyl (C=O) groups excluding carboxylic acids is 2. The molecule has 1 aromatic rings. The second kappa shape index (κ2) is 6.83. The van der Waals surface area contributed by atoms with Gasteiger partial charge in [-0.05, 0) is 26.0 Å². The fourth-order valence-corrected chi connectivity index (χ4v) is 1.52. The summed E-state index contributed by atoms with van der Waals surface area (Å²) in [6.07, 6.45) is 0. The third kappa shape index (κ3) is 3.91. The van der Waals surface area contributed by atoms with E-state index in [4.69, 9.17) is 0 Å². The predicted molar refractivity (Wildman–Crippen MR) is 76.4 cm³/mol. The molecule has 1 unspecified atom stereocenters. The molecule has 0 radical (unpaired) electrons. The van der Waals surface area contributed by atoms with Crippen molar-refractivity contribution in [2.75, 3.05) is 33.0 Å². The van der Waals surface area contributed by atoms with Crippen molar-refractivity contribution in [2.45, 2.75) is 19.9 Å². The first kappa shape index (κ1) is 15.9. The summed E-state index contributed by atoms with van der Waals surface area (Å²) in [5.74, 6) is 0.229. The number of carbonyl (C=O) groups is 2. The van der Waals surface area contributed by atoms with Crippen LogP contribution in [-0.2, 0) is 4.79 Å². The van der Waals surface area contributed by atoms with Gasteiger partial charge in [0.1, 0.15) is 11.9 Å². The van der Waals surface area contributed by atoms with Gasteiger partial charge in [0.05, 0.1) is 0 Å². The zero-order valence-electron chi connectivity index (χ0n) is 12.5. The van der Waals surface area contributed by atoms with E-state index in [0.29, 0.717) is 12.4 Å². The quantitative estimate of drug-likeness (QED) is 0.847. The number of hydrogen-bond acceptors (Lipinski definition) is 5. The summed E-state index contributed by atoms with van der Waals surface area (Å²) in [6.45, 7) is 4.31. The number of aromatic nitrogens is 2. The third-order valence-corrected chi connectivity index (χ3v) is 2.88. The SMILES string of the molecule is CCN(C)C(=O)C(C)Nc1ccc(C(=O)N(C)C)nn1. The standard InChI is InChI=1S/C13H21N5O2/c1-6-18(5)12(19)9(2)14-11-8-7-10(15-16-11)13(20)17(3)4/h7-9H,6H2,1-5H3,(H,14,16). The van der Waals surface area contributed by atoms with Crippen LogP contribution in [0.25, 0.3) is 0 Å². The van der Waals surface area contributed by atoms with E-state index in [9.17, 15) is 9.59 Å². The Labute approximate surface area is 119 Å². The molecule has 1 N–H and O–H groups in total. The van der Waals surface area contributed by atoms with Gasteiger partial charge in [-0.1, -0.05) is 0 Å². The average molecular weight is 279 g/mol. The van der Waals surface area contributed by atoms with E-state index in [0.717, 1.165) is 0 Å². The first-order chi connectivity index (χ1) is 9.36. The van der Waals surface area contributed by atoms with E-state index in [1.54, 1.807) is 45.1 Å². The second-order valence-electron chi connectivity index (χ2n) is 4.72. The Morgan fingerprint density at radius 1 is 1.25 bits per heavy atom. The minimum Gasteiger partial charge on any atom is -0.357 e. The normalized spacial score (nSPS) is 11.7. The van der Waals surface area contributed by atoms with Crippen LogP contribution in [0.1, 0.15) is 24.3 Å². The highest BCUT2D eigenvalue weighted by molar-refractivity contribution is 5.91. The topological polar surface area (TPSA) is 78.4 Å². The minimum absolute atomic E-state index is 0.0252. The first-order valence-corrected chi connectivity index (χ1v) is 6.43. The molecule has 0 fully saturated rings. The van der Waals surface area contributed by atoms with Crippen molar-refractivity contribution in [1.29, 1.82) is 0 Å². The van der Waals surface area contributed by atoms with E-state index in [2.05, 4.69) is 15.5 Å². The average Bonchev–Trinajstić information content (AvgIpc) is 2.45. The van der Waals surface area contributed by atoms with Crippen molar-refractivity contribution in [3.8, 4) is 0 Å². The summed E-state index contributed by atoms with van der Waals surface area (Å²) in [4.78, 5) is 26.6. The Balaban J connectivity index is 2.71. The predicted octanol–water partition coefficient (Wildman–Crippen LogP) is 0.457. The van der Waals surface area contributed by atoms with E-state index >= 15 is 0 Å². The number of anilines is 1. The molecule has 110 valence electrons. The highest BCUT2D eigenvalue weighted by Gasteiger charge is 2.17. The first-order valence-electron chi connectivity index (χ1n) is 6.43. The monoisotopic (exact) mass is 279 g/mol. The molecule has 0 aliphatic rings. The third-order valence-electron chi connectivity index (χ3n) is 2.88. The van der Waals surface area contributed by atoms with Crippen LogP contribution in [0.4, 0.5) is 5.82 Å². The maximum Gasteiger partial charge on any atom is 0.273 e. The van der Waals surface area contributed by atoms with Crippen molar-refractivity contribution in [2.24, 2.45) is 0 Å². The van der Waals surface area contributed by atoms with Gasteiger partial charge in [0.2, 0.25) is 5.91 Å². The lowest BCUT2D eigenvalue weighted by molar-refractivity contribution is -0.130. The molecule has 0 saturated heterocycles. The summed E-state index contributed by atoms with van der Waals surface area (Å²) >= 11 is 0. The lowest BCUT2D eigenvalue weighted by Crippen LogP contribution is -2.39. The van der Waals surface area contributed by atoms with Gasteiger partial charge < -0.3 is 15.1 Å². The maximum atomic E-state index is 11.9. The Morgan fingerprint density at radius 3 is 2.35 bits per heavy atom. The molecule has 0 bridgehead atoms. The van der Waals surface area contributed by atoms with Gasteiger partial charge in [-0.3, -0.25) is 9.59 Å². The van der Waals surface area contributed by atoms with E-state index in [1.165, 1.54) is 4.90 Å². The highest BCUT2D eigenvalue weighted by atomic mass is 16.2. The molecule has 0 aromatic carbocycles. The molecule has 0 spiro atoms. The minimum atomic E-state index is -0.398. The van der Waals surface area contributed by atoms with Crippen molar-refractivity contribution in [3.63, 3.8) is 0 Å². The van der Waals surface area contributed by atoms with Crippen molar-refractivity contribution in [1.82, 2.24) is 20.0 Å². The zero-order valence-corrected chi connectivity index (χ0v) is 12.5. The molecule has 1 heterocycles. The van der Waals surface area contributed by atoms with E-state index < -0.39 is 6.04 Å². The Hall–Kier alpha value is -2.18. The molecular weight excluding hydrogens is 258 g/mol. The highest BCUT2D eigenvalue weighted by Crippen LogP contribution is 2.06. The molecule has 0 aliphatic carbocycles. The largest absolute Gasteiger partial charge is 0.357 e. The van der Waals surface area contributed by atoms with Gasteiger partial charge in [-0.15, -0.1) is 10.2 Å². The lowest BCUT2D eigenvalue weighted by Gasteiger charge is -2.20. The molecule has 2 amide bonds. The van der Waals surface area contributed by atoms with Crippen LogP contribution in [-0.4, -0.2) is 65.5 Å². The van der Waals surface area contributed by atoms with Crippen LogP contribution in [0.5, 0.6) is 0 Å². The molecule has 7 nitrogen and oxygen atoms in total. The number of rotatable bonds is 5. The van der Waals surface area contributed by atoms with Gasteiger partial charge >= 0.3 is 0 Å². The number of amides is 2. The fourth-order valence-electron chi connectivity index (χ4n) is 1.52. The number of nitrogens with one attached hydrogen (secondary N) is 1. The zero-order chi connectivity index (χ0) is 15.3. The second-order valence-corrected chi connectivity index (χ2v) is 4.72. The van der Waals surface area contributed by atoms with Crippen LogP contribution in [0, 0.1) is 0 Å². The summed E-state index contributed by atoms with van der Waals surface area (Å²) in [7, 11) is 5.04. The molecule has 0 aliphatic heterocycles. The molecule has 20 heavy (non-hydrogen) atoms. The van der Waals surface area contributed by atoms with Gasteiger partial charge in [0.25, 0.3) is 5.91 Å².